The summed E-state index contributed by atoms with van der Waals surface area (Å²) >= 11 is 0. The molecule has 0 rings (SSSR count). The minimum Gasteiger partial charge on any atom is -0.330 e. The van der Waals surface area contributed by atoms with Crippen LogP contribution in [0.5, 0.6) is 0 Å². The lowest BCUT2D eigenvalue weighted by molar-refractivity contribution is -0.119. The molecule has 0 aliphatic rings. The van der Waals surface area contributed by atoms with Crippen LogP contribution in [-0.2, 0) is 4.79 Å². The Balaban J connectivity index is 0. The Bertz CT molecular complexity index is 163. The summed E-state index contributed by atoms with van der Waals surface area (Å²) in [6, 6.07) is 0. The van der Waals surface area contributed by atoms with Gasteiger partial charge in [0.15, 0.2) is 0 Å². The van der Waals surface area contributed by atoms with Gasteiger partial charge in [-0.05, 0) is 19.4 Å². The molecule has 13 heavy (non-hydrogen) atoms. The molecule has 0 aliphatic heterocycles. The molecule has 3 heteroatoms. The highest BCUT2D eigenvalue weighted by atomic mass is 35.5. The summed E-state index contributed by atoms with van der Waals surface area (Å²) in [4.78, 5) is 11.0. The largest absolute Gasteiger partial charge is 0.330 e. The van der Waals surface area contributed by atoms with Gasteiger partial charge in [0.05, 0.1) is 0 Å². The number of Topliss-reactive ketones (excluding diaryl/α,β-unsaturated/α-hetero) is 1. The zero-order valence-corrected chi connectivity index (χ0v) is 8.74. The molecule has 0 saturated carbocycles. The van der Waals surface area contributed by atoms with Crippen LogP contribution in [0.2, 0.25) is 0 Å². The summed E-state index contributed by atoms with van der Waals surface area (Å²) in [6.07, 6.45) is 9.85. The van der Waals surface area contributed by atoms with Gasteiger partial charge in [0.25, 0.3) is 0 Å². The van der Waals surface area contributed by atoms with Crippen molar-refractivity contribution in [2.45, 2.75) is 38.5 Å². The van der Waals surface area contributed by atoms with Gasteiger partial charge in [-0.1, -0.05) is 6.42 Å². The Kier molecular flexibility index (Phi) is 13.2. The Labute approximate surface area is 86.7 Å². The fourth-order valence-corrected chi connectivity index (χ4v) is 0.980. The van der Waals surface area contributed by atoms with Gasteiger partial charge < -0.3 is 5.73 Å². The Morgan fingerprint density at radius 3 is 2.46 bits per heavy atom. The van der Waals surface area contributed by atoms with Gasteiger partial charge in [-0.25, -0.2) is 0 Å². The standard InChI is InChI=1S/C10H17NO.ClH/c1-2-3-7-10(12)8-5-4-6-9-11;/h1H,3-9,11H2;1H. The molecule has 0 aliphatic carbocycles. The maximum Gasteiger partial charge on any atom is 0.133 e. The number of carbonyl (C=O) groups excluding carboxylic acids is 1. The summed E-state index contributed by atoms with van der Waals surface area (Å²) < 4.78 is 0. The van der Waals surface area contributed by atoms with Crippen LogP contribution >= 0.6 is 12.4 Å². The van der Waals surface area contributed by atoms with E-state index in [-0.39, 0.29) is 18.2 Å². The number of halogens is 1. The first kappa shape index (κ1) is 15.0. The third kappa shape index (κ3) is 11.5. The topological polar surface area (TPSA) is 43.1 Å². The van der Waals surface area contributed by atoms with Crippen molar-refractivity contribution < 1.29 is 4.79 Å². The van der Waals surface area contributed by atoms with Crippen molar-refractivity contribution in [3.05, 3.63) is 0 Å². The summed E-state index contributed by atoms with van der Waals surface area (Å²) in [5.41, 5.74) is 5.31. The van der Waals surface area contributed by atoms with E-state index in [1.54, 1.807) is 0 Å². The van der Waals surface area contributed by atoms with Crippen molar-refractivity contribution in [3.8, 4) is 12.3 Å². The normalized spacial score (nSPS) is 8.62. The molecule has 0 fully saturated rings. The number of nitrogens with two attached hydrogens (primary N) is 1. The molecule has 0 atom stereocenters. The quantitative estimate of drug-likeness (QED) is 0.508. The minimum atomic E-state index is 0. The fraction of sp³-hybridized carbons (Fsp3) is 0.700. The molecule has 76 valence electrons. The lowest BCUT2D eigenvalue weighted by Crippen LogP contribution is -2.00. The van der Waals surface area contributed by atoms with Gasteiger partial charge in [0.2, 0.25) is 0 Å². The molecule has 0 aromatic heterocycles. The van der Waals surface area contributed by atoms with Crippen LogP contribution in [0.1, 0.15) is 38.5 Å². The fourth-order valence-electron chi connectivity index (χ4n) is 0.980. The second-order valence-electron chi connectivity index (χ2n) is 2.84. The van der Waals surface area contributed by atoms with E-state index in [0.717, 1.165) is 25.8 Å². The number of terminal acetylenes is 1. The van der Waals surface area contributed by atoms with Gasteiger partial charge in [0, 0.05) is 19.3 Å². The first-order chi connectivity index (χ1) is 5.81. The third-order valence-electron chi connectivity index (χ3n) is 1.71. The molecule has 0 bridgehead atoms. The maximum absolute atomic E-state index is 11.0. The minimum absolute atomic E-state index is 0. The monoisotopic (exact) mass is 203 g/mol. The molecule has 0 spiro atoms. The number of ketones is 1. The number of carbonyl (C=O) groups is 1. The van der Waals surface area contributed by atoms with Crippen molar-refractivity contribution in [2.24, 2.45) is 5.73 Å². The van der Waals surface area contributed by atoms with Gasteiger partial charge >= 0.3 is 0 Å². The van der Waals surface area contributed by atoms with Crippen molar-refractivity contribution in [1.29, 1.82) is 0 Å². The molecular weight excluding hydrogens is 186 g/mol. The van der Waals surface area contributed by atoms with Crippen molar-refractivity contribution in [3.63, 3.8) is 0 Å². The van der Waals surface area contributed by atoms with E-state index in [9.17, 15) is 4.79 Å². The molecule has 0 amide bonds. The van der Waals surface area contributed by atoms with Gasteiger partial charge in [0.1, 0.15) is 5.78 Å². The van der Waals surface area contributed by atoms with E-state index >= 15 is 0 Å². The number of hydrogen-bond acceptors (Lipinski definition) is 2. The average Bonchev–Trinajstić information content (AvgIpc) is 2.09. The summed E-state index contributed by atoms with van der Waals surface area (Å²) in [6.45, 7) is 0.721. The molecule has 0 saturated heterocycles. The maximum atomic E-state index is 11.0. The van der Waals surface area contributed by atoms with Crippen LogP contribution in [0, 0.1) is 12.3 Å². The van der Waals surface area contributed by atoms with Crippen LogP contribution in [0.25, 0.3) is 0 Å². The first-order valence-electron chi connectivity index (χ1n) is 4.46. The van der Waals surface area contributed by atoms with Crippen LogP contribution < -0.4 is 5.73 Å². The van der Waals surface area contributed by atoms with Crippen LogP contribution in [0.15, 0.2) is 0 Å². The molecule has 0 heterocycles. The molecular formula is C10H18ClNO. The van der Waals surface area contributed by atoms with Crippen LogP contribution in [-0.4, -0.2) is 12.3 Å². The molecule has 0 aromatic rings. The smallest absolute Gasteiger partial charge is 0.133 e. The zero-order chi connectivity index (χ0) is 9.23. The summed E-state index contributed by atoms with van der Waals surface area (Å²) in [5.74, 6) is 2.74. The Morgan fingerprint density at radius 2 is 1.92 bits per heavy atom. The van der Waals surface area contributed by atoms with E-state index in [2.05, 4.69) is 5.92 Å². The van der Waals surface area contributed by atoms with Gasteiger partial charge in [-0.15, -0.1) is 24.8 Å². The lowest BCUT2D eigenvalue weighted by Gasteiger charge is -1.97. The number of unbranched alkanes of at least 4 members (excludes halogenated alkanes) is 2. The van der Waals surface area contributed by atoms with Crippen LogP contribution in [0.3, 0.4) is 0 Å². The van der Waals surface area contributed by atoms with Crippen molar-refractivity contribution >= 4 is 18.2 Å². The highest BCUT2D eigenvalue weighted by Gasteiger charge is 1.99. The second-order valence-corrected chi connectivity index (χ2v) is 2.84. The van der Waals surface area contributed by atoms with Crippen molar-refractivity contribution in [1.82, 2.24) is 0 Å². The van der Waals surface area contributed by atoms with E-state index in [0.29, 0.717) is 19.3 Å². The number of rotatable bonds is 7. The predicted molar refractivity (Wildman–Crippen MR) is 57.8 cm³/mol. The SMILES string of the molecule is C#CCCC(=O)CCCCCN.Cl. The molecule has 2 N–H and O–H groups in total. The second kappa shape index (κ2) is 11.5. The highest BCUT2D eigenvalue weighted by molar-refractivity contribution is 5.85. The van der Waals surface area contributed by atoms with Crippen LogP contribution in [0.4, 0.5) is 0 Å². The molecule has 2 nitrogen and oxygen atoms in total. The number of hydrogen-bond donors (Lipinski definition) is 1. The zero-order valence-electron chi connectivity index (χ0n) is 7.92. The third-order valence-corrected chi connectivity index (χ3v) is 1.71. The van der Waals surface area contributed by atoms with Gasteiger partial charge in [-0.2, -0.15) is 0 Å². The van der Waals surface area contributed by atoms with E-state index < -0.39 is 0 Å². The molecule has 0 radical (unpaired) electrons. The first-order valence-corrected chi connectivity index (χ1v) is 4.46. The molecule has 0 aromatic carbocycles. The lowest BCUT2D eigenvalue weighted by atomic mass is 10.1. The Hall–Kier alpha value is -0.520. The summed E-state index contributed by atoms with van der Waals surface area (Å²) in [7, 11) is 0. The van der Waals surface area contributed by atoms with E-state index in [4.69, 9.17) is 12.2 Å². The van der Waals surface area contributed by atoms with E-state index in [1.807, 2.05) is 0 Å². The highest BCUT2D eigenvalue weighted by Crippen LogP contribution is 2.02. The summed E-state index contributed by atoms with van der Waals surface area (Å²) in [5, 5.41) is 0. The predicted octanol–water partition coefficient (Wildman–Crippen LogP) is 1.91. The van der Waals surface area contributed by atoms with E-state index in [1.165, 1.54) is 0 Å². The van der Waals surface area contributed by atoms with Gasteiger partial charge in [-0.3, -0.25) is 4.79 Å². The molecule has 0 unspecified atom stereocenters. The van der Waals surface area contributed by atoms with Crippen molar-refractivity contribution in [2.75, 3.05) is 6.54 Å². The average molecular weight is 204 g/mol. The Morgan fingerprint density at radius 1 is 1.23 bits per heavy atom.